The fourth-order valence-electron chi connectivity index (χ4n) is 2.88. The zero-order chi connectivity index (χ0) is 19.9. The second kappa shape index (κ2) is 9.13. The Kier molecular flexibility index (Phi) is 6.37. The van der Waals surface area contributed by atoms with Crippen molar-refractivity contribution in [3.8, 4) is 0 Å². The largest absolute Gasteiger partial charge is 0.380 e. The number of amides is 1. The summed E-state index contributed by atoms with van der Waals surface area (Å²) in [5.41, 5.74) is 2.78. The molecule has 2 aromatic carbocycles. The Labute approximate surface area is 165 Å². The molecule has 1 N–H and O–H groups in total. The van der Waals surface area contributed by atoms with Crippen LogP contribution in [-0.2, 0) is 13.1 Å². The number of hydrogen-bond acceptors (Lipinski definition) is 3. The summed E-state index contributed by atoms with van der Waals surface area (Å²) in [6, 6.07) is 20.1. The molecule has 3 rings (SSSR count). The molecule has 0 bridgehead atoms. The van der Waals surface area contributed by atoms with Crippen LogP contribution in [-0.4, -0.2) is 21.8 Å². The number of nitrogens with zero attached hydrogens (tertiary/aromatic N) is 2. The van der Waals surface area contributed by atoms with Gasteiger partial charge in [0.2, 0.25) is 0 Å². The molecule has 0 saturated heterocycles. The molecule has 0 aliphatic heterocycles. The monoisotopic (exact) mass is 377 g/mol. The van der Waals surface area contributed by atoms with Gasteiger partial charge in [0, 0.05) is 24.7 Å². The SMILES string of the molecule is CC(C)N(Cc1ccccc1)C(=O)c1ccc(NCc2ccccc2F)cn1. The van der Waals surface area contributed by atoms with Gasteiger partial charge in [0.15, 0.2) is 0 Å². The molecule has 4 nitrogen and oxygen atoms in total. The number of carbonyl (C=O) groups excluding carboxylic acids is 1. The molecule has 144 valence electrons. The Morgan fingerprint density at radius 2 is 1.75 bits per heavy atom. The molecule has 1 heterocycles. The van der Waals surface area contributed by atoms with E-state index in [2.05, 4.69) is 10.3 Å². The zero-order valence-electron chi connectivity index (χ0n) is 16.1. The minimum absolute atomic E-state index is 0.0494. The van der Waals surface area contributed by atoms with Crippen LogP contribution in [0.15, 0.2) is 72.9 Å². The standard InChI is InChI=1S/C23H24FN3O/c1-17(2)27(16-18-8-4-3-5-9-18)23(28)22-13-12-20(15-26-22)25-14-19-10-6-7-11-21(19)24/h3-13,15,17,25H,14,16H2,1-2H3. The molecule has 0 unspecified atom stereocenters. The van der Waals surface area contributed by atoms with Crippen LogP contribution >= 0.6 is 0 Å². The lowest BCUT2D eigenvalue weighted by atomic mass is 10.1. The van der Waals surface area contributed by atoms with Gasteiger partial charge in [-0.1, -0.05) is 48.5 Å². The number of halogens is 1. The average molecular weight is 377 g/mol. The molecule has 0 radical (unpaired) electrons. The highest BCUT2D eigenvalue weighted by molar-refractivity contribution is 5.92. The maximum Gasteiger partial charge on any atom is 0.272 e. The molecule has 3 aromatic rings. The molecular formula is C23H24FN3O. The van der Waals surface area contributed by atoms with Crippen LogP contribution in [0.1, 0.15) is 35.5 Å². The van der Waals surface area contributed by atoms with E-state index in [9.17, 15) is 9.18 Å². The van der Waals surface area contributed by atoms with Crippen molar-refractivity contribution in [2.24, 2.45) is 0 Å². The Morgan fingerprint density at radius 1 is 1.04 bits per heavy atom. The number of rotatable bonds is 7. The number of benzene rings is 2. The van der Waals surface area contributed by atoms with Gasteiger partial charge in [-0.25, -0.2) is 9.37 Å². The summed E-state index contributed by atoms with van der Waals surface area (Å²) in [6.45, 7) is 4.87. The molecule has 1 amide bonds. The van der Waals surface area contributed by atoms with E-state index in [0.717, 1.165) is 11.3 Å². The first kappa shape index (κ1) is 19.5. The number of pyridine rings is 1. The first-order valence-corrected chi connectivity index (χ1v) is 9.33. The summed E-state index contributed by atoms with van der Waals surface area (Å²) in [7, 11) is 0. The Morgan fingerprint density at radius 3 is 2.39 bits per heavy atom. The summed E-state index contributed by atoms with van der Waals surface area (Å²) < 4.78 is 13.7. The average Bonchev–Trinajstić information content (AvgIpc) is 2.72. The van der Waals surface area contributed by atoms with E-state index in [1.54, 1.807) is 41.4 Å². The van der Waals surface area contributed by atoms with E-state index >= 15 is 0 Å². The molecule has 0 saturated carbocycles. The van der Waals surface area contributed by atoms with E-state index in [1.165, 1.54) is 6.07 Å². The molecule has 0 atom stereocenters. The van der Waals surface area contributed by atoms with Gasteiger partial charge in [0.1, 0.15) is 11.5 Å². The van der Waals surface area contributed by atoms with Gasteiger partial charge in [-0.3, -0.25) is 4.79 Å². The fraction of sp³-hybridized carbons (Fsp3) is 0.217. The molecular weight excluding hydrogens is 353 g/mol. The third-order valence-electron chi connectivity index (χ3n) is 4.50. The summed E-state index contributed by atoms with van der Waals surface area (Å²) in [5, 5.41) is 3.13. The third kappa shape index (κ3) is 4.94. The molecule has 0 aliphatic carbocycles. The second-order valence-corrected chi connectivity index (χ2v) is 6.89. The molecule has 28 heavy (non-hydrogen) atoms. The van der Waals surface area contributed by atoms with Crippen LogP contribution in [0.2, 0.25) is 0 Å². The van der Waals surface area contributed by atoms with E-state index in [4.69, 9.17) is 0 Å². The van der Waals surface area contributed by atoms with Crippen molar-refractivity contribution >= 4 is 11.6 Å². The Bertz CT molecular complexity index is 911. The van der Waals surface area contributed by atoms with E-state index in [-0.39, 0.29) is 17.8 Å². The van der Waals surface area contributed by atoms with E-state index < -0.39 is 0 Å². The zero-order valence-corrected chi connectivity index (χ0v) is 16.1. The Balaban J connectivity index is 1.67. The summed E-state index contributed by atoms with van der Waals surface area (Å²) in [5.74, 6) is -0.359. The lowest BCUT2D eigenvalue weighted by Gasteiger charge is -2.26. The number of nitrogens with one attached hydrogen (secondary N) is 1. The van der Waals surface area contributed by atoms with Crippen molar-refractivity contribution in [2.75, 3.05) is 5.32 Å². The highest BCUT2D eigenvalue weighted by Gasteiger charge is 2.20. The minimum Gasteiger partial charge on any atom is -0.380 e. The predicted octanol–water partition coefficient (Wildman–Crippen LogP) is 4.88. The van der Waals surface area contributed by atoms with E-state index in [1.807, 2.05) is 44.2 Å². The summed E-state index contributed by atoms with van der Waals surface area (Å²) in [6.07, 6.45) is 1.61. The van der Waals surface area contributed by atoms with Gasteiger partial charge in [-0.05, 0) is 37.6 Å². The summed E-state index contributed by atoms with van der Waals surface area (Å²) in [4.78, 5) is 19.0. The van der Waals surface area contributed by atoms with E-state index in [0.29, 0.717) is 24.3 Å². The van der Waals surface area contributed by atoms with Crippen LogP contribution in [0, 0.1) is 5.82 Å². The quantitative estimate of drug-likeness (QED) is 0.638. The van der Waals surface area contributed by atoms with Crippen molar-refractivity contribution in [2.45, 2.75) is 33.0 Å². The van der Waals surface area contributed by atoms with Crippen LogP contribution < -0.4 is 5.32 Å². The van der Waals surface area contributed by atoms with Crippen LogP contribution in [0.3, 0.4) is 0 Å². The molecule has 1 aromatic heterocycles. The van der Waals surface area contributed by atoms with Crippen LogP contribution in [0.5, 0.6) is 0 Å². The molecule has 0 aliphatic rings. The minimum atomic E-state index is -0.247. The van der Waals surface area contributed by atoms with Gasteiger partial charge < -0.3 is 10.2 Å². The highest BCUT2D eigenvalue weighted by atomic mass is 19.1. The third-order valence-corrected chi connectivity index (χ3v) is 4.50. The van der Waals surface area contributed by atoms with Crippen LogP contribution in [0.25, 0.3) is 0 Å². The fourth-order valence-corrected chi connectivity index (χ4v) is 2.88. The molecule has 0 fully saturated rings. The summed E-state index contributed by atoms with van der Waals surface area (Å²) >= 11 is 0. The topological polar surface area (TPSA) is 45.2 Å². The lowest BCUT2D eigenvalue weighted by molar-refractivity contribution is 0.0684. The van der Waals surface area contributed by atoms with Crippen molar-refractivity contribution in [3.63, 3.8) is 0 Å². The second-order valence-electron chi connectivity index (χ2n) is 6.89. The van der Waals surface area contributed by atoms with Gasteiger partial charge in [0.25, 0.3) is 5.91 Å². The van der Waals surface area contributed by atoms with Crippen molar-refractivity contribution in [3.05, 3.63) is 95.6 Å². The van der Waals surface area contributed by atoms with Crippen LogP contribution in [0.4, 0.5) is 10.1 Å². The molecule has 5 heteroatoms. The van der Waals surface area contributed by atoms with Crippen molar-refractivity contribution in [1.29, 1.82) is 0 Å². The highest BCUT2D eigenvalue weighted by Crippen LogP contribution is 2.15. The van der Waals surface area contributed by atoms with Crippen molar-refractivity contribution < 1.29 is 9.18 Å². The molecule has 0 spiro atoms. The number of anilines is 1. The smallest absolute Gasteiger partial charge is 0.272 e. The van der Waals surface area contributed by atoms with Gasteiger partial charge in [0.05, 0.1) is 11.9 Å². The maximum atomic E-state index is 13.7. The number of hydrogen-bond donors (Lipinski definition) is 1. The predicted molar refractivity (Wildman–Crippen MR) is 109 cm³/mol. The van der Waals surface area contributed by atoms with Gasteiger partial charge in [-0.2, -0.15) is 0 Å². The van der Waals surface area contributed by atoms with Gasteiger partial charge >= 0.3 is 0 Å². The van der Waals surface area contributed by atoms with Gasteiger partial charge in [-0.15, -0.1) is 0 Å². The lowest BCUT2D eigenvalue weighted by Crippen LogP contribution is -2.36. The number of aromatic nitrogens is 1. The number of carbonyl (C=O) groups is 1. The maximum absolute atomic E-state index is 13.7. The first-order chi connectivity index (χ1) is 13.5. The normalized spacial score (nSPS) is 10.7. The van der Waals surface area contributed by atoms with Crippen molar-refractivity contribution in [1.82, 2.24) is 9.88 Å². The first-order valence-electron chi connectivity index (χ1n) is 9.33. The Hall–Kier alpha value is -3.21.